The Morgan fingerprint density at radius 2 is 0.957 bits per heavy atom. The van der Waals surface area contributed by atoms with Crippen molar-refractivity contribution in [2.75, 3.05) is 0 Å². The number of benzene rings is 4. The number of epoxide rings is 2. The van der Waals surface area contributed by atoms with Gasteiger partial charge in [0.1, 0.15) is 36.1 Å². The highest BCUT2D eigenvalue weighted by Gasteiger charge is 2.60. The number of hydrogen-bond donors (Lipinski definition) is 0. The van der Waals surface area contributed by atoms with Crippen LogP contribution in [0.3, 0.4) is 0 Å². The van der Waals surface area contributed by atoms with E-state index < -0.39 is 11.2 Å². The Morgan fingerprint density at radius 3 is 1.37 bits per heavy atom. The Bertz CT molecular complexity index is 1850. The zero-order chi connectivity index (χ0) is 31.1. The van der Waals surface area contributed by atoms with Gasteiger partial charge in [0.05, 0.1) is 13.1 Å². The predicted molar refractivity (Wildman–Crippen MR) is 179 cm³/mol. The molecule has 0 spiro atoms. The van der Waals surface area contributed by atoms with E-state index in [2.05, 4.69) is 44.4 Å². The van der Waals surface area contributed by atoms with Crippen LogP contribution in [0.1, 0.15) is 34.5 Å². The maximum Gasteiger partial charge on any atom is 0.197 e. The fourth-order valence-electron chi connectivity index (χ4n) is 6.03. The predicted octanol–water partition coefficient (Wildman–Crippen LogP) is 8.31. The quantitative estimate of drug-likeness (QED) is 0.0995. The highest BCUT2D eigenvalue weighted by molar-refractivity contribution is 8.76. The van der Waals surface area contributed by atoms with Gasteiger partial charge in [-0.25, -0.2) is 19.3 Å². The first-order valence-electron chi connectivity index (χ1n) is 14.6. The van der Waals surface area contributed by atoms with Gasteiger partial charge in [-0.2, -0.15) is 10.2 Å². The van der Waals surface area contributed by atoms with E-state index in [1.807, 2.05) is 94.3 Å². The minimum atomic E-state index is -0.626. The number of aromatic nitrogens is 6. The van der Waals surface area contributed by atoms with Crippen LogP contribution in [0.5, 0.6) is 0 Å². The first kappa shape index (κ1) is 29.7. The summed E-state index contributed by atoms with van der Waals surface area (Å²) in [6.07, 6.45) is 2.71. The van der Waals surface area contributed by atoms with Gasteiger partial charge in [0.15, 0.2) is 10.3 Å². The van der Waals surface area contributed by atoms with Gasteiger partial charge in [-0.05, 0) is 44.8 Å². The number of nitrogens with zero attached hydrogens (tertiary/aromatic N) is 6. The molecule has 0 amide bonds. The summed E-state index contributed by atoms with van der Waals surface area (Å²) < 4.78 is 16.7. The summed E-state index contributed by atoms with van der Waals surface area (Å²) in [5, 5.41) is 12.0. The summed E-state index contributed by atoms with van der Waals surface area (Å²) in [6, 6.07) is 36.0. The maximum absolute atomic E-state index is 6.60. The van der Waals surface area contributed by atoms with Gasteiger partial charge >= 0.3 is 0 Å². The van der Waals surface area contributed by atoms with Gasteiger partial charge in [-0.15, -0.1) is 0 Å². The molecule has 8 nitrogen and oxygen atoms in total. The normalized spacial score (nSPS) is 23.3. The molecule has 6 aromatic rings. The highest BCUT2D eigenvalue weighted by atomic mass is 35.5. The van der Waals surface area contributed by atoms with Gasteiger partial charge in [0.25, 0.3) is 0 Å². The molecular formula is C34H26Cl2N6O2S2. The largest absolute Gasteiger partial charge is 0.354 e. The molecule has 2 aliphatic heterocycles. The zero-order valence-corrected chi connectivity index (χ0v) is 27.3. The lowest BCUT2D eigenvalue weighted by Gasteiger charge is -2.16. The van der Waals surface area contributed by atoms with Gasteiger partial charge in [-0.1, -0.05) is 120 Å². The number of hydrogen-bond acceptors (Lipinski definition) is 8. The molecule has 4 heterocycles. The van der Waals surface area contributed by atoms with Crippen LogP contribution in [0.4, 0.5) is 0 Å². The minimum Gasteiger partial charge on any atom is -0.354 e. The first-order valence-corrected chi connectivity index (χ1v) is 17.5. The fraction of sp³-hybridized carbons (Fsp3) is 0.176. The molecule has 4 unspecified atom stereocenters. The molecule has 0 N–H and O–H groups in total. The van der Waals surface area contributed by atoms with Gasteiger partial charge in [0, 0.05) is 21.2 Å². The molecule has 0 aliphatic carbocycles. The lowest BCUT2D eigenvalue weighted by molar-refractivity contribution is 0.256. The van der Waals surface area contributed by atoms with Crippen molar-refractivity contribution in [2.24, 2.45) is 0 Å². The van der Waals surface area contributed by atoms with Gasteiger partial charge < -0.3 is 9.47 Å². The molecule has 4 atom stereocenters. The molecule has 2 saturated heterocycles. The molecule has 8 rings (SSSR count). The van der Waals surface area contributed by atoms with Crippen molar-refractivity contribution in [1.82, 2.24) is 29.5 Å². The van der Waals surface area contributed by atoms with Crippen LogP contribution in [0.25, 0.3) is 0 Å². The SMILES string of the molecule is Clc1ccccc1C1OC1(Cn1ncnc1SSc1ncnn1CC1(c2ccccc2)OC1c1ccccc1Cl)c1ccccc1. The molecule has 2 aromatic heterocycles. The van der Waals surface area contributed by atoms with Crippen LogP contribution >= 0.6 is 44.8 Å². The second-order valence-corrected chi connectivity index (χ2v) is 14.0. The summed E-state index contributed by atoms with van der Waals surface area (Å²) in [4.78, 5) is 9.16. The van der Waals surface area contributed by atoms with Crippen LogP contribution in [0.15, 0.2) is 132 Å². The summed E-state index contributed by atoms with van der Waals surface area (Å²) in [6.45, 7) is 0.930. The number of rotatable bonds is 11. The summed E-state index contributed by atoms with van der Waals surface area (Å²) >= 11 is 13.2. The van der Waals surface area contributed by atoms with Crippen LogP contribution in [0, 0.1) is 0 Å². The number of ether oxygens (including phenoxy) is 2. The molecular weight excluding hydrogens is 659 g/mol. The van der Waals surface area contributed by atoms with Crippen molar-refractivity contribution in [3.63, 3.8) is 0 Å². The summed E-state index contributed by atoms with van der Waals surface area (Å²) in [5.41, 5.74) is 2.77. The monoisotopic (exact) mass is 684 g/mol. The van der Waals surface area contributed by atoms with E-state index >= 15 is 0 Å². The van der Waals surface area contributed by atoms with E-state index in [4.69, 9.17) is 32.7 Å². The van der Waals surface area contributed by atoms with E-state index in [-0.39, 0.29) is 12.2 Å². The Balaban J connectivity index is 1.03. The Morgan fingerprint density at radius 1 is 0.565 bits per heavy atom. The number of halogens is 2. The van der Waals surface area contributed by atoms with Gasteiger partial charge in [-0.3, -0.25) is 0 Å². The van der Waals surface area contributed by atoms with Crippen molar-refractivity contribution in [1.29, 1.82) is 0 Å². The molecule has 0 radical (unpaired) electrons. The average Bonchev–Trinajstić information content (AvgIpc) is 3.87. The van der Waals surface area contributed by atoms with E-state index in [1.165, 1.54) is 21.6 Å². The van der Waals surface area contributed by atoms with Crippen molar-refractivity contribution in [3.8, 4) is 0 Å². The van der Waals surface area contributed by atoms with Gasteiger partial charge in [0.2, 0.25) is 0 Å². The summed E-state index contributed by atoms with van der Waals surface area (Å²) in [7, 11) is 2.94. The zero-order valence-electron chi connectivity index (χ0n) is 24.2. The van der Waals surface area contributed by atoms with Crippen LogP contribution < -0.4 is 0 Å². The third-order valence-corrected chi connectivity index (χ3v) is 11.3. The maximum atomic E-state index is 6.60. The summed E-state index contributed by atoms with van der Waals surface area (Å²) in [5.74, 6) is 0. The molecule has 0 saturated carbocycles. The lowest BCUT2D eigenvalue weighted by atomic mass is 9.91. The molecule has 2 aliphatic rings. The molecule has 0 bridgehead atoms. The van der Waals surface area contributed by atoms with E-state index in [0.717, 1.165) is 32.6 Å². The first-order chi connectivity index (χ1) is 22.6. The fourth-order valence-corrected chi connectivity index (χ4v) is 8.45. The Kier molecular flexibility index (Phi) is 7.88. The molecule has 12 heteroatoms. The van der Waals surface area contributed by atoms with Crippen molar-refractivity contribution < 1.29 is 9.47 Å². The standard InChI is InChI=1S/C34H26Cl2N6O2S2/c35-27-17-9-7-15-25(27)29-33(43-29,23-11-3-1-4-12-23)19-41-31(37-21-39-41)45-46-32-38-22-40-42(32)20-34(24-13-5-2-6-14-24)30(44-34)26-16-8-10-18-28(26)36/h1-18,21-22,29-30H,19-20H2. The third kappa shape index (κ3) is 5.42. The third-order valence-electron chi connectivity index (χ3n) is 8.41. The van der Waals surface area contributed by atoms with E-state index in [1.54, 1.807) is 12.7 Å². The van der Waals surface area contributed by atoms with E-state index in [9.17, 15) is 0 Å². The second-order valence-electron chi connectivity index (χ2n) is 11.1. The van der Waals surface area contributed by atoms with Crippen LogP contribution in [-0.2, 0) is 33.8 Å². The van der Waals surface area contributed by atoms with E-state index in [0.29, 0.717) is 23.1 Å². The molecule has 4 aromatic carbocycles. The second kappa shape index (κ2) is 12.2. The molecule has 2 fully saturated rings. The Hall–Kier alpha value is -3.64. The smallest absolute Gasteiger partial charge is 0.197 e. The van der Waals surface area contributed by atoms with Crippen LogP contribution in [-0.4, -0.2) is 29.5 Å². The minimum absolute atomic E-state index is 0.208. The lowest BCUT2D eigenvalue weighted by Crippen LogP contribution is -2.21. The van der Waals surface area contributed by atoms with Crippen LogP contribution in [0.2, 0.25) is 10.0 Å². The topological polar surface area (TPSA) is 86.5 Å². The average molecular weight is 686 g/mol. The van der Waals surface area contributed by atoms with Crippen molar-refractivity contribution >= 4 is 44.8 Å². The van der Waals surface area contributed by atoms with Crippen molar-refractivity contribution in [2.45, 2.75) is 46.8 Å². The highest BCUT2D eigenvalue weighted by Crippen LogP contribution is 2.60. The Labute approximate surface area is 283 Å². The van der Waals surface area contributed by atoms with Crippen molar-refractivity contribution in [3.05, 3.63) is 154 Å². The molecule has 46 heavy (non-hydrogen) atoms. The molecule has 230 valence electrons.